The van der Waals surface area contributed by atoms with Gasteiger partial charge in [-0.05, 0) is 42.2 Å². The van der Waals surface area contributed by atoms with Crippen molar-refractivity contribution in [2.45, 2.75) is 18.9 Å². The normalized spacial score (nSPS) is 18.3. The van der Waals surface area contributed by atoms with E-state index in [9.17, 15) is 4.79 Å². The fourth-order valence-corrected chi connectivity index (χ4v) is 2.33. The standard InChI is InChI=1S/C12H12BrNO/c1-2-12(15)14-11-6-4-8-3-5-9(13)7-10(8)11/h2-3,5,7,11H,1,4,6H2,(H,14,15)/t11-/m1/s1. The van der Waals surface area contributed by atoms with Gasteiger partial charge in [0.05, 0.1) is 6.04 Å². The summed E-state index contributed by atoms with van der Waals surface area (Å²) in [7, 11) is 0. The van der Waals surface area contributed by atoms with Crippen molar-refractivity contribution in [1.29, 1.82) is 0 Å². The fourth-order valence-electron chi connectivity index (χ4n) is 1.95. The smallest absolute Gasteiger partial charge is 0.243 e. The first kappa shape index (κ1) is 10.4. The molecule has 0 saturated heterocycles. The first-order valence-electron chi connectivity index (χ1n) is 4.92. The van der Waals surface area contributed by atoms with Gasteiger partial charge in [0, 0.05) is 4.47 Å². The van der Waals surface area contributed by atoms with E-state index in [2.05, 4.69) is 40.0 Å². The zero-order valence-electron chi connectivity index (χ0n) is 8.29. The second kappa shape index (κ2) is 4.19. The van der Waals surface area contributed by atoms with E-state index < -0.39 is 0 Å². The monoisotopic (exact) mass is 265 g/mol. The average molecular weight is 266 g/mol. The Morgan fingerprint density at radius 3 is 3.13 bits per heavy atom. The Kier molecular flexibility index (Phi) is 2.91. The number of rotatable bonds is 2. The molecule has 1 aromatic rings. The van der Waals surface area contributed by atoms with Crippen molar-refractivity contribution in [2.24, 2.45) is 0 Å². The van der Waals surface area contributed by atoms with E-state index in [0.717, 1.165) is 17.3 Å². The van der Waals surface area contributed by atoms with E-state index in [1.54, 1.807) is 0 Å². The summed E-state index contributed by atoms with van der Waals surface area (Å²) in [5.74, 6) is -0.104. The lowest BCUT2D eigenvalue weighted by molar-refractivity contribution is -0.117. The maximum atomic E-state index is 11.2. The lowest BCUT2D eigenvalue weighted by atomic mass is 10.1. The van der Waals surface area contributed by atoms with Gasteiger partial charge in [-0.3, -0.25) is 4.79 Å². The summed E-state index contributed by atoms with van der Waals surface area (Å²) < 4.78 is 1.06. The van der Waals surface area contributed by atoms with Gasteiger partial charge in [0.15, 0.2) is 0 Å². The number of carbonyl (C=O) groups excluding carboxylic acids is 1. The molecule has 0 spiro atoms. The zero-order chi connectivity index (χ0) is 10.8. The summed E-state index contributed by atoms with van der Waals surface area (Å²) in [5, 5.41) is 2.93. The van der Waals surface area contributed by atoms with Crippen LogP contribution in [0.2, 0.25) is 0 Å². The maximum Gasteiger partial charge on any atom is 0.243 e. The van der Waals surface area contributed by atoms with Crippen LogP contribution in [0.25, 0.3) is 0 Å². The lowest BCUT2D eigenvalue weighted by Gasteiger charge is -2.12. The van der Waals surface area contributed by atoms with Gasteiger partial charge in [-0.2, -0.15) is 0 Å². The Balaban J connectivity index is 2.23. The van der Waals surface area contributed by atoms with Crippen molar-refractivity contribution in [1.82, 2.24) is 5.32 Å². The molecular weight excluding hydrogens is 254 g/mol. The predicted octanol–water partition coefficient (Wildman–Crippen LogP) is 2.74. The molecule has 0 heterocycles. The highest BCUT2D eigenvalue weighted by molar-refractivity contribution is 9.10. The minimum absolute atomic E-state index is 0.104. The topological polar surface area (TPSA) is 29.1 Å². The number of aryl methyl sites for hydroxylation is 1. The van der Waals surface area contributed by atoms with E-state index in [0.29, 0.717) is 0 Å². The SMILES string of the molecule is C=CC(=O)N[C@@H]1CCc2ccc(Br)cc21. The lowest BCUT2D eigenvalue weighted by Crippen LogP contribution is -2.24. The number of hydrogen-bond acceptors (Lipinski definition) is 1. The van der Waals surface area contributed by atoms with Crippen LogP contribution in [-0.4, -0.2) is 5.91 Å². The van der Waals surface area contributed by atoms with Crippen LogP contribution in [0.5, 0.6) is 0 Å². The third kappa shape index (κ3) is 2.12. The quantitative estimate of drug-likeness (QED) is 0.819. The molecule has 15 heavy (non-hydrogen) atoms. The summed E-state index contributed by atoms with van der Waals surface area (Å²) in [4.78, 5) is 11.2. The summed E-state index contributed by atoms with van der Waals surface area (Å²) in [5.41, 5.74) is 2.55. The average Bonchev–Trinajstić information content (AvgIpc) is 2.61. The second-order valence-corrected chi connectivity index (χ2v) is 4.56. The molecule has 0 bridgehead atoms. The predicted molar refractivity (Wildman–Crippen MR) is 63.5 cm³/mol. The highest BCUT2D eigenvalue weighted by Gasteiger charge is 2.23. The molecule has 0 radical (unpaired) electrons. The number of benzene rings is 1. The number of carbonyl (C=O) groups is 1. The van der Waals surface area contributed by atoms with Crippen LogP contribution in [-0.2, 0) is 11.2 Å². The van der Waals surface area contributed by atoms with Crippen LogP contribution in [0.4, 0.5) is 0 Å². The van der Waals surface area contributed by atoms with Gasteiger partial charge in [-0.15, -0.1) is 0 Å². The summed E-state index contributed by atoms with van der Waals surface area (Å²) >= 11 is 3.44. The van der Waals surface area contributed by atoms with Gasteiger partial charge in [0.2, 0.25) is 5.91 Å². The van der Waals surface area contributed by atoms with Crippen LogP contribution in [0.15, 0.2) is 35.3 Å². The summed E-state index contributed by atoms with van der Waals surface area (Å²) in [6.07, 6.45) is 3.33. The van der Waals surface area contributed by atoms with Crippen LogP contribution in [0.1, 0.15) is 23.6 Å². The molecule has 3 heteroatoms. The number of fused-ring (bicyclic) bond motifs is 1. The van der Waals surface area contributed by atoms with Crippen LogP contribution >= 0.6 is 15.9 Å². The van der Waals surface area contributed by atoms with Crippen molar-refractivity contribution in [3.05, 3.63) is 46.5 Å². The molecule has 0 saturated carbocycles. The molecule has 0 fully saturated rings. The molecule has 1 aromatic carbocycles. The van der Waals surface area contributed by atoms with E-state index in [1.807, 2.05) is 6.07 Å². The second-order valence-electron chi connectivity index (χ2n) is 3.65. The van der Waals surface area contributed by atoms with E-state index in [1.165, 1.54) is 17.2 Å². The number of amides is 1. The van der Waals surface area contributed by atoms with Crippen molar-refractivity contribution < 1.29 is 4.79 Å². The van der Waals surface area contributed by atoms with Crippen LogP contribution < -0.4 is 5.32 Å². The van der Waals surface area contributed by atoms with E-state index >= 15 is 0 Å². The van der Waals surface area contributed by atoms with Crippen LogP contribution in [0, 0.1) is 0 Å². The van der Waals surface area contributed by atoms with Crippen molar-refractivity contribution >= 4 is 21.8 Å². The third-order valence-corrected chi connectivity index (χ3v) is 3.18. The van der Waals surface area contributed by atoms with Gasteiger partial charge in [0.25, 0.3) is 0 Å². The Labute approximate surface area is 97.5 Å². The first-order chi connectivity index (χ1) is 7.20. The molecule has 1 atom stereocenters. The van der Waals surface area contributed by atoms with Gasteiger partial charge in [0.1, 0.15) is 0 Å². The fraction of sp³-hybridized carbons (Fsp3) is 0.250. The Bertz CT molecular complexity index is 414. The van der Waals surface area contributed by atoms with Gasteiger partial charge < -0.3 is 5.32 Å². The molecule has 1 aliphatic carbocycles. The molecule has 78 valence electrons. The molecule has 2 nitrogen and oxygen atoms in total. The molecule has 2 rings (SSSR count). The van der Waals surface area contributed by atoms with Crippen LogP contribution in [0.3, 0.4) is 0 Å². The summed E-state index contributed by atoms with van der Waals surface area (Å²) in [6, 6.07) is 6.37. The van der Waals surface area contributed by atoms with E-state index in [4.69, 9.17) is 0 Å². The zero-order valence-corrected chi connectivity index (χ0v) is 9.88. The highest BCUT2D eigenvalue weighted by atomic mass is 79.9. The minimum Gasteiger partial charge on any atom is -0.346 e. The molecule has 1 amide bonds. The third-order valence-electron chi connectivity index (χ3n) is 2.69. The van der Waals surface area contributed by atoms with Gasteiger partial charge in [-0.25, -0.2) is 0 Å². The molecule has 1 N–H and O–H groups in total. The van der Waals surface area contributed by atoms with Crippen molar-refractivity contribution in [2.75, 3.05) is 0 Å². The Hall–Kier alpha value is -1.09. The number of halogens is 1. The van der Waals surface area contributed by atoms with Gasteiger partial charge >= 0.3 is 0 Å². The summed E-state index contributed by atoms with van der Waals surface area (Å²) in [6.45, 7) is 3.45. The van der Waals surface area contributed by atoms with Crippen molar-refractivity contribution in [3.63, 3.8) is 0 Å². The first-order valence-corrected chi connectivity index (χ1v) is 5.71. The maximum absolute atomic E-state index is 11.2. The molecule has 0 aliphatic heterocycles. The number of nitrogens with one attached hydrogen (secondary N) is 1. The largest absolute Gasteiger partial charge is 0.346 e. The Morgan fingerprint density at radius 1 is 1.60 bits per heavy atom. The molecular formula is C12H12BrNO. The van der Waals surface area contributed by atoms with Crippen molar-refractivity contribution in [3.8, 4) is 0 Å². The minimum atomic E-state index is -0.104. The number of hydrogen-bond donors (Lipinski definition) is 1. The molecule has 0 unspecified atom stereocenters. The van der Waals surface area contributed by atoms with Gasteiger partial charge in [-0.1, -0.05) is 28.6 Å². The van der Waals surface area contributed by atoms with E-state index in [-0.39, 0.29) is 11.9 Å². The molecule has 1 aliphatic rings. The molecule has 0 aromatic heterocycles. The highest BCUT2D eigenvalue weighted by Crippen LogP contribution is 2.32. The Morgan fingerprint density at radius 2 is 2.40 bits per heavy atom.